The van der Waals surface area contributed by atoms with Crippen LogP contribution in [0.1, 0.15) is 5.56 Å². The fourth-order valence-corrected chi connectivity index (χ4v) is 4.07. The fraction of sp³-hybridized carbons (Fsp3) is 0.200. The van der Waals surface area contributed by atoms with Gasteiger partial charge < -0.3 is 14.0 Å². The molecular weight excluding hydrogens is 425 g/mol. The summed E-state index contributed by atoms with van der Waals surface area (Å²) in [4.78, 5) is 0. The molecule has 0 aliphatic carbocycles. The van der Waals surface area contributed by atoms with Crippen LogP contribution in [-0.2, 0) is 13.0 Å². The van der Waals surface area contributed by atoms with Crippen LogP contribution in [0, 0.1) is 5.82 Å². The topological polar surface area (TPSA) is 49.2 Å². The SMILES string of the molecule is COc1ccc(OCCSc2nnc(-c3ccccc3F)n2CCc2ccccc2)cc1. The van der Waals surface area contributed by atoms with E-state index in [1.165, 1.54) is 11.6 Å². The fourth-order valence-electron chi connectivity index (χ4n) is 3.29. The minimum atomic E-state index is -0.305. The van der Waals surface area contributed by atoms with Gasteiger partial charge in [0, 0.05) is 12.3 Å². The molecule has 0 fully saturated rings. The van der Waals surface area contributed by atoms with E-state index in [0.717, 1.165) is 23.1 Å². The highest BCUT2D eigenvalue weighted by Gasteiger charge is 2.17. The van der Waals surface area contributed by atoms with Gasteiger partial charge in [-0.05, 0) is 48.4 Å². The zero-order chi connectivity index (χ0) is 22.2. The van der Waals surface area contributed by atoms with Crippen molar-refractivity contribution in [2.75, 3.05) is 19.5 Å². The molecule has 0 spiro atoms. The summed E-state index contributed by atoms with van der Waals surface area (Å²) in [5.74, 6) is 2.49. The summed E-state index contributed by atoms with van der Waals surface area (Å²) >= 11 is 1.55. The Morgan fingerprint density at radius 3 is 2.34 bits per heavy atom. The Labute approximate surface area is 191 Å². The van der Waals surface area contributed by atoms with Crippen molar-refractivity contribution < 1.29 is 13.9 Å². The van der Waals surface area contributed by atoms with Crippen LogP contribution in [0.2, 0.25) is 0 Å². The van der Waals surface area contributed by atoms with Crippen LogP contribution in [0.15, 0.2) is 84.0 Å². The third-order valence-corrected chi connectivity index (χ3v) is 5.87. The van der Waals surface area contributed by atoms with Crippen molar-refractivity contribution in [3.63, 3.8) is 0 Å². The second-order valence-electron chi connectivity index (χ2n) is 7.05. The third kappa shape index (κ3) is 5.48. The first kappa shape index (κ1) is 21.9. The molecule has 4 aromatic rings. The monoisotopic (exact) mass is 449 g/mol. The molecular formula is C25H24FN3O2S. The number of aryl methyl sites for hydroxylation is 1. The van der Waals surface area contributed by atoms with E-state index in [1.807, 2.05) is 53.1 Å². The smallest absolute Gasteiger partial charge is 0.191 e. The normalized spacial score (nSPS) is 10.8. The Balaban J connectivity index is 1.46. The molecule has 0 saturated carbocycles. The average molecular weight is 450 g/mol. The Kier molecular flexibility index (Phi) is 7.40. The number of methoxy groups -OCH3 is 1. The van der Waals surface area contributed by atoms with Gasteiger partial charge in [0.05, 0.1) is 19.3 Å². The van der Waals surface area contributed by atoms with Crippen LogP contribution in [0.4, 0.5) is 4.39 Å². The number of nitrogens with zero attached hydrogens (tertiary/aromatic N) is 3. The van der Waals surface area contributed by atoms with E-state index >= 15 is 0 Å². The van der Waals surface area contributed by atoms with Gasteiger partial charge in [-0.25, -0.2) is 4.39 Å². The van der Waals surface area contributed by atoms with Crippen LogP contribution in [0.5, 0.6) is 11.5 Å². The lowest BCUT2D eigenvalue weighted by molar-refractivity contribution is 0.342. The van der Waals surface area contributed by atoms with Gasteiger partial charge in [0.15, 0.2) is 11.0 Å². The van der Waals surface area contributed by atoms with Gasteiger partial charge in [0.2, 0.25) is 0 Å². The van der Waals surface area contributed by atoms with E-state index in [-0.39, 0.29) is 5.82 Å². The van der Waals surface area contributed by atoms with Gasteiger partial charge >= 0.3 is 0 Å². The number of benzene rings is 3. The highest BCUT2D eigenvalue weighted by molar-refractivity contribution is 7.99. The summed E-state index contributed by atoms with van der Waals surface area (Å²) in [6, 6.07) is 24.4. The van der Waals surface area contributed by atoms with Gasteiger partial charge in [0.25, 0.3) is 0 Å². The van der Waals surface area contributed by atoms with Crippen molar-refractivity contribution in [3.8, 4) is 22.9 Å². The zero-order valence-corrected chi connectivity index (χ0v) is 18.6. The maximum absolute atomic E-state index is 14.5. The van der Waals surface area contributed by atoms with Crippen molar-refractivity contribution in [1.29, 1.82) is 0 Å². The molecule has 0 unspecified atom stereocenters. The summed E-state index contributed by atoms with van der Waals surface area (Å²) in [5, 5.41) is 9.41. The number of ether oxygens (including phenoxy) is 2. The molecule has 164 valence electrons. The van der Waals surface area contributed by atoms with Gasteiger partial charge in [0.1, 0.15) is 17.3 Å². The minimum absolute atomic E-state index is 0.305. The molecule has 5 nitrogen and oxygen atoms in total. The largest absolute Gasteiger partial charge is 0.497 e. The van der Waals surface area contributed by atoms with Crippen molar-refractivity contribution in [2.45, 2.75) is 18.1 Å². The van der Waals surface area contributed by atoms with Crippen LogP contribution in [0.3, 0.4) is 0 Å². The first-order valence-corrected chi connectivity index (χ1v) is 11.3. The molecule has 0 bridgehead atoms. The molecule has 4 rings (SSSR count). The maximum atomic E-state index is 14.5. The second-order valence-corrected chi connectivity index (χ2v) is 8.11. The predicted octanol–water partition coefficient (Wildman–Crippen LogP) is 5.51. The number of aromatic nitrogens is 3. The lowest BCUT2D eigenvalue weighted by Gasteiger charge is -2.11. The highest BCUT2D eigenvalue weighted by Crippen LogP contribution is 2.26. The number of rotatable bonds is 10. The third-order valence-electron chi connectivity index (χ3n) is 4.94. The van der Waals surface area contributed by atoms with E-state index < -0.39 is 0 Å². The number of hydrogen-bond donors (Lipinski definition) is 0. The summed E-state index contributed by atoms with van der Waals surface area (Å²) < 4.78 is 27.4. The maximum Gasteiger partial charge on any atom is 0.191 e. The average Bonchev–Trinajstić information content (AvgIpc) is 3.24. The summed E-state index contributed by atoms with van der Waals surface area (Å²) in [6.45, 7) is 1.17. The Morgan fingerprint density at radius 1 is 0.875 bits per heavy atom. The predicted molar refractivity (Wildman–Crippen MR) is 125 cm³/mol. The van der Waals surface area contributed by atoms with E-state index in [4.69, 9.17) is 9.47 Å². The van der Waals surface area contributed by atoms with Crippen molar-refractivity contribution >= 4 is 11.8 Å². The molecule has 0 atom stereocenters. The van der Waals surface area contributed by atoms with E-state index in [9.17, 15) is 4.39 Å². The second kappa shape index (κ2) is 10.8. The molecule has 32 heavy (non-hydrogen) atoms. The van der Waals surface area contributed by atoms with Crippen molar-refractivity contribution in [1.82, 2.24) is 14.8 Å². The number of hydrogen-bond acceptors (Lipinski definition) is 5. The highest BCUT2D eigenvalue weighted by atomic mass is 32.2. The van der Waals surface area contributed by atoms with Gasteiger partial charge in [-0.15, -0.1) is 10.2 Å². The van der Waals surface area contributed by atoms with Crippen LogP contribution in [0.25, 0.3) is 11.4 Å². The molecule has 0 aliphatic heterocycles. The van der Waals surface area contributed by atoms with E-state index in [0.29, 0.717) is 30.3 Å². The first-order valence-electron chi connectivity index (χ1n) is 10.4. The summed E-state index contributed by atoms with van der Waals surface area (Å²) in [7, 11) is 1.63. The Morgan fingerprint density at radius 2 is 1.59 bits per heavy atom. The molecule has 0 aliphatic rings. The lowest BCUT2D eigenvalue weighted by atomic mass is 10.1. The zero-order valence-electron chi connectivity index (χ0n) is 17.8. The van der Waals surface area contributed by atoms with Crippen LogP contribution >= 0.6 is 11.8 Å². The van der Waals surface area contributed by atoms with E-state index in [1.54, 1.807) is 31.0 Å². The van der Waals surface area contributed by atoms with Crippen LogP contribution < -0.4 is 9.47 Å². The molecule has 3 aromatic carbocycles. The summed E-state index contributed by atoms with van der Waals surface area (Å²) in [6.07, 6.45) is 0.802. The summed E-state index contributed by atoms with van der Waals surface area (Å²) in [5.41, 5.74) is 1.66. The van der Waals surface area contributed by atoms with Crippen molar-refractivity contribution in [3.05, 3.63) is 90.2 Å². The van der Waals surface area contributed by atoms with E-state index in [2.05, 4.69) is 22.3 Å². The Bertz CT molecular complexity index is 1130. The quantitative estimate of drug-likeness (QED) is 0.236. The van der Waals surface area contributed by atoms with Crippen LogP contribution in [-0.4, -0.2) is 34.2 Å². The molecule has 0 saturated heterocycles. The molecule has 0 radical (unpaired) electrons. The lowest BCUT2D eigenvalue weighted by Crippen LogP contribution is -2.07. The Hall–Kier alpha value is -3.32. The van der Waals surface area contributed by atoms with Crippen molar-refractivity contribution in [2.24, 2.45) is 0 Å². The molecule has 0 N–H and O–H groups in total. The number of thioether (sulfide) groups is 1. The standard InChI is InChI=1S/C25H24FN3O2S/c1-30-20-11-13-21(14-12-20)31-17-18-32-25-28-27-24(22-9-5-6-10-23(22)26)29(25)16-15-19-7-3-2-4-8-19/h2-14H,15-18H2,1H3. The molecule has 1 heterocycles. The first-order chi connectivity index (χ1) is 15.7. The molecule has 1 aromatic heterocycles. The van der Waals surface area contributed by atoms with Gasteiger partial charge in [-0.2, -0.15) is 0 Å². The van der Waals surface area contributed by atoms with Gasteiger partial charge in [-0.3, -0.25) is 0 Å². The molecule has 7 heteroatoms. The van der Waals surface area contributed by atoms with Gasteiger partial charge in [-0.1, -0.05) is 54.2 Å². The minimum Gasteiger partial charge on any atom is -0.497 e. The molecule has 0 amide bonds. The number of halogens is 1.